The summed E-state index contributed by atoms with van der Waals surface area (Å²) in [6, 6.07) is 10.7. The molecule has 2 heterocycles. The summed E-state index contributed by atoms with van der Waals surface area (Å²) in [5.41, 5.74) is 1.20. The second-order valence-electron chi connectivity index (χ2n) is 8.43. The van der Waals surface area contributed by atoms with Gasteiger partial charge in [0, 0.05) is 31.6 Å². The molecular weight excluding hydrogens is 374 g/mol. The molecule has 1 aliphatic carbocycles. The van der Waals surface area contributed by atoms with Crippen molar-refractivity contribution in [2.75, 3.05) is 13.1 Å². The van der Waals surface area contributed by atoms with Crippen LogP contribution in [0.5, 0.6) is 0 Å². The van der Waals surface area contributed by atoms with Crippen LogP contribution in [-0.4, -0.2) is 47.9 Å². The molecule has 2 saturated heterocycles. The first-order valence-electron chi connectivity index (χ1n) is 10.6. The van der Waals surface area contributed by atoms with E-state index >= 15 is 0 Å². The highest BCUT2D eigenvalue weighted by molar-refractivity contribution is 5.85. The molecule has 0 radical (unpaired) electrons. The molecule has 3 fully saturated rings. The minimum absolute atomic E-state index is 0. The quantitative estimate of drug-likeness (QED) is 0.791. The summed E-state index contributed by atoms with van der Waals surface area (Å²) < 4.78 is 0. The van der Waals surface area contributed by atoms with Crippen LogP contribution >= 0.6 is 12.4 Å². The summed E-state index contributed by atoms with van der Waals surface area (Å²) in [6.07, 6.45) is 8.21. The first kappa shape index (κ1) is 21.1. The molecule has 4 unspecified atom stereocenters. The lowest BCUT2D eigenvalue weighted by Crippen LogP contribution is -2.47. The average molecular weight is 406 g/mol. The van der Waals surface area contributed by atoms with Crippen molar-refractivity contribution in [1.29, 1.82) is 0 Å². The Balaban J connectivity index is 0.00000225. The molecule has 6 heteroatoms. The van der Waals surface area contributed by atoms with Gasteiger partial charge in [0.1, 0.15) is 0 Å². The molecule has 1 aromatic rings. The molecule has 5 nitrogen and oxygen atoms in total. The zero-order chi connectivity index (χ0) is 18.6. The third kappa shape index (κ3) is 5.06. The van der Waals surface area contributed by atoms with E-state index in [1.54, 1.807) is 0 Å². The van der Waals surface area contributed by atoms with Gasteiger partial charge in [0.05, 0.1) is 6.04 Å². The maximum Gasteiger partial charge on any atom is 0.237 e. The Morgan fingerprint density at radius 1 is 1.11 bits per heavy atom. The minimum atomic E-state index is -0.0408. The summed E-state index contributed by atoms with van der Waals surface area (Å²) in [5.74, 6) is 1.00. The molecule has 0 aromatic heterocycles. The smallest absolute Gasteiger partial charge is 0.237 e. The molecule has 2 aliphatic heterocycles. The zero-order valence-electron chi connectivity index (χ0n) is 16.4. The maximum absolute atomic E-state index is 12.7. The van der Waals surface area contributed by atoms with Crippen LogP contribution in [0.2, 0.25) is 0 Å². The van der Waals surface area contributed by atoms with Crippen molar-refractivity contribution in [3.63, 3.8) is 0 Å². The molecular formula is C22H32ClN3O2. The summed E-state index contributed by atoms with van der Waals surface area (Å²) in [4.78, 5) is 27.0. The van der Waals surface area contributed by atoms with E-state index < -0.39 is 0 Å². The van der Waals surface area contributed by atoms with E-state index in [9.17, 15) is 9.59 Å². The Bertz CT molecular complexity index is 655. The van der Waals surface area contributed by atoms with Crippen LogP contribution in [-0.2, 0) is 16.0 Å². The second kappa shape index (κ2) is 9.75. The first-order valence-corrected chi connectivity index (χ1v) is 10.6. The highest BCUT2D eigenvalue weighted by Crippen LogP contribution is 2.33. The second-order valence-corrected chi connectivity index (χ2v) is 8.43. The van der Waals surface area contributed by atoms with E-state index in [2.05, 4.69) is 22.8 Å². The fourth-order valence-electron chi connectivity index (χ4n) is 4.98. The number of carbonyl (C=O) groups is 2. The van der Waals surface area contributed by atoms with Gasteiger partial charge in [-0.3, -0.25) is 9.59 Å². The molecule has 1 saturated carbocycles. The maximum atomic E-state index is 12.7. The summed E-state index contributed by atoms with van der Waals surface area (Å²) in [6.45, 7) is 1.40. The van der Waals surface area contributed by atoms with Gasteiger partial charge in [0.15, 0.2) is 0 Å². The van der Waals surface area contributed by atoms with Gasteiger partial charge >= 0.3 is 0 Å². The highest BCUT2D eigenvalue weighted by Gasteiger charge is 2.39. The number of nitrogens with zero attached hydrogens (tertiary/aromatic N) is 1. The highest BCUT2D eigenvalue weighted by atomic mass is 35.5. The molecule has 3 aliphatic rings. The Morgan fingerprint density at radius 2 is 1.89 bits per heavy atom. The lowest BCUT2D eigenvalue weighted by atomic mass is 9.85. The Kier molecular flexibility index (Phi) is 7.36. The van der Waals surface area contributed by atoms with Crippen LogP contribution in [0.25, 0.3) is 0 Å². The topological polar surface area (TPSA) is 61.4 Å². The van der Waals surface area contributed by atoms with Crippen LogP contribution in [0.15, 0.2) is 30.3 Å². The molecule has 0 bridgehead atoms. The third-order valence-electron chi connectivity index (χ3n) is 6.54. The van der Waals surface area contributed by atoms with Crippen LogP contribution in [0.1, 0.15) is 50.5 Å². The summed E-state index contributed by atoms with van der Waals surface area (Å²) in [7, 11) is 0. The van der Waals surface area contributed by atoms with E-state index in [4.69, 9.17) is 0 Å². The number of fused-ring (bicyclic) bond motifs is 1. The largest absolute Gasteiger partial charge is 0.350 e. The Morgan fingerprint density at radius 3 is 2.68 bits per heavy atom. The van der Waals surface area contributed by atoms with Crippen LogP contribution < -0.4 is 10.6 Å². The molecule has 0 spiro atoms. The van der Waals surface area contributed by atoms with E-state index in [-0.39, 0.29) is 36.3 Å². The average Bonchev–Trinajstić information content (AvgIpc) is 3.34. The van der Waals surface area contributed by atoms with Gasteiger partial charge in [-0.25, -0.2) is 0 Å². The van der Waals surface area contributed by atoms with E-state index in [0.717, 1.165) is 25.8 Å². The van der Waals surface area contributed by atoms with E-state index in [0.29, 0.717) is 24.9 Å². The number of rotatable bonds is 5. The third-order valence-corrected chi connectivity index (χ3v) is 6.54. The number of hydrogen-bond acceptors (Lipinski definition) is 3. The monoisotopic (exact) mass is 405 g/mol. The Labute approximate surface area is 174 Å². The number of aryl methyl sites for hydroxylation is 1. The standard InChI is InChI=1S/C22H31N3O2.ClH/c26-21(11-10-16-6-2-1-3-7-16)25-13-12-18(15-25)23-22(27)20-14-17-8-4-5-9-19(17)24-20;/h1-3,6-7,17-20,24H,4-5,8-15H2,(H,23,27);1H. The number of likely N-dealkylation sites (tertiary alicyclic amines) is 1. The SMILES string of the molecule is Cl.O=C(NC1CCN(C(=O)CCc2ccccc2)C1)C1CC2CCCCC2N1. The van der Waals surface area contributed by atoms with Crippen molar-refractivity contribution in [3.05, 3.63) is 35.9 Å². The predicted octanol–water partition coefficient (Wildman–Crippen LogP) is 2.68. The molecule has 154 valence electrons. The van der Waals surface area contributed by atoms with Crippen LogP contribution in [0, 0.1) is 5.92 Å². The Hall–Kier alpha value is -1.59. The number of carbonyl (C=O) groups excluding carboxylic acids is 2. The predicted molar refractivity (Wildman–Crippen MR) is 112 cm³/mol. The minimum Gasteiger partial charge on any atom is -0.350 e. The number of halogens is 1. The number of hydrogen-bond donors (Lipinski definition) is 2. The normalized spacial score (nSPS) is 29.1. The van der Waals surface area contributed by atoms with Crippen molar-refractivity contribution in [3.8, 4) is 0 Å². The molecule has 4 atom stereocenters. The van der Waals surface area contributed by atoms with Crippen molar-refractivity contribution in [2.45, 2.75) is 69.5 Å². The van der Waals surface area contributed by atoms with Gasteiger partial charge < -0.3 is 15.5 Å². The molecule has 2 amide bonds. The molecule has 4 rings (SSSR count). The van der Waals surface area contributed by atoms with Gasteiger partial charge in [-0.2, -0.15) is 0 Å². The lowest BCUT2D eigenvalue weighted by Gasteiger charge is -2.24. The van der Waals surface area contributed by atoms with E-state index in [1.807, 2.05) is 23.1 Å². The van der Waals surface area contributed by atoms with Crippen LogP contribution in [0.4, 0.5) is 0 Å². The summed E-state index contributed by atoms with van der Waals surface area (Å²) >= 11 is 0. The fraction of sp³-hybridized carbons (Fsp3) is 0.636. The van der Waals surface area contributed by atoms with Crippen molar-refractivity contribution < 1.29 is 9.59 Å². The van der Waals surface area contributed by atoms with Crippen molar-refractivity contribution in [1.82, 2.24) is 15.5 Å². The van der Waals surface area contributed by atoms with Gasteiger partial charge in [0.2, 0.25) is 11.8 Å². The van der Waals surface area contributed by atoms with Crippen molar-refractivity contribution in [2.24, 2.45) is 5.92 Å². The number of benzene rings is 1. The van der Waals surface area contributed by atoms with Crippen LogP contribution in [0.3, 0.4) is 0 Å². The first-order chi connectivity index (χ1) is 13.2. The lowest BCUT2D eigenvalue weighted by molar-refractivity contribution is -0.130. The molecule has 1 aromatic carbocycles. The molecule has 28 heavy (non-hydrogen) atoms. The van der Waals surface area contributed by atoms with Crippen molar-refractivity contribution >= 4 is 24.2 Å². The number of amides is 2. The van der Waals surface area contributed by atoms with Gasteiger partial charge in [-0.1, -0.05) is 43.2 Å². The van der Waals surface area contributed by atoms with Gasteiger partial charge in [-0.15, -0.1) is 12.4 Å². The van der Waals surface area contributed by atoms with Gasteiger partial charge in [0.25, 0.3) is 0 Å². The molecule has 2 N–H and O–H groups in total. The van der Waals surface area contributed by atoms with E-state index in [1.165, 1.54) is 31.2 Å². The summed E-state index contributed by atoms with van der Waals surface area (Å²) in [5, 5.41) is 6.74. The zero-order valence-corrected chi connectivity index (χ0v) is 17.3. The number of nitrogens with one attached hydrogen (secondary N) is 2. The van der Waals surface area contributed by atoms with Gasteiger partial charge in [-0.05, 0) is 43.6 Å². The fourth-order valence-corrected chi connectivity index (χ4v) is 4.98.